The Labute approximate surface area is 99.6 Å². The monoisotopic (exact) mass is 230 g/mol. The molecule has 0 aliphatic carbocycles. The van der Waals surface area contributed by atoms with Gasteiger partial charge in [0, 0.05) is 5.56 Å². The topological polar surface area (TPSA) is 60.7 Å². The highest BCUT2D eigenvalue weighted by Crippen LogP contribution is 2.37. The van der Waals surface area contributed by atoms with Gasteiger partial charge in [0.15, 0.2) is 11.5 Å². The quantitative estimate of drug-likeness (QED) is 0.695. The maximum Gasteiger partial charge on any atom is 0.165 e. The summed E-state index contributed by atoms with van der Waals surface area (Å²) in [6.07, 6.45) is 0.793. The lowest BCUT2D eigenvalue weighted by Gasteiger charge is -2.08. The first-order chi connectivity index (χ1) is 8.11. The molecule has 2 aromatic rings. The molecule has 0 aliphatic heterocycles. The molecule has 3 heteroatoms. The van der Waals surface area contributed by atoms with Crippen molar-refractivity contribution in [1.29, 1.82) is 0 Å². The first-order valence-electron chi connectivity index (χ1n) is 5.46. The molecule has 88 valence electrons. The van der Waals surface area contributed by atoms with Crippen LogP contribution in [0.15, 0.2) is 36.4 Å². The molecule has 0 radical (unpaired) electrons. The molecule has 0 spiro atoms. The van der Waals surface area contributed by atoms with Crippen molar-refractivity contribution >= 4 is 0 Å². The van der Waals surface area contributed by atoms with Crippen LogP contribution in [0.25, 0.3) is 11.1 Å². The number of phenolic OH excluding ortho intramolecular Hbond substituents is 3. The fourth-order valence-electron chi connectivity index (χ4n) is 1.80. The zero-order chi connectivity index (χ0) is 12.4. The van der Waals surface area contributed by atoms with Gasteiger partial charge in [-0.05, 0) is 35.7 Å². The summed E-state index contributed by atoms with van der Waals surface area (Å²) in [5, 5.41) is 28.8. The van der Waals surface area contributed by atoms with Crippen LogP contribution >= 0.6 is 0 Å². The Hall–Kier alpha value is -2.16. The van der Waals surface area contributed by atoms with E-state index in [1.165, 1.54) is 6.07 Å². The highest BCUT2D eigenvalue weighted by atomic mass is 16.3. The molecule has 2 aromatic carbocycles. The molecule has 0 unspecified atom stereocenters. The van der Waals surface area contributed by atoms with E-state index in [9.17, 15) is 15.3 Å². The van der Waals surface area contributed by atoms with Gasteiger partial charge in [-0.3, -0.25) is 0 Å². The maximum absolute atomic E-state index is 9.77. The molecule has 0 aromatic heterocycles. The summed E-state index contributed by atoms with van der Waals surface area (Å²) in [5.41, 5.74) is 2.17. The first kappa shape index (κ1) is 11.3. The van der Waals surface area contributed by atoms with Gasteiger partial charge in [0.25, 0.3) is 0 Å². The minimum atomic E-state index is -0.167. The van der Waals surface area contributed by atoms with Crippen molar-refractivity contribution in [3.63, 3.8) is 0 Å². The highest BCUT2D eigenvalue weighted by Gasteiger charge is 2.09. The Kier molecular flexibility index (Phi) is 2.91. The Morgan fingerprint density at radius 1 is 1.00 bits per heavy atom. The fourth-order valence-corrected chi connectivity index (χ4v) is 1.80. The van der Waals surface area contributed by atoms with E-state index in [0.29, 0.717) is 11.1 Å². The normalized spacial score (nSPS) is 10.4. The molecule has 0 saturated heterocycles. The van der Waals surface area contributed by atoms with Gasteiger partial charge in [-0.1, -0.05) is 25.1 Å². The van der Waals surface area contributed by atoms with Crippen molar-refractivity contribution in [3.8, 4) is 28.4 Å². The van der Waals surface area contributed by atoms with Crippen LogP contribution in [0.3, 0.4) is 0 Å². The van der Waals surface area contributed by atoms with Crippen LogP contribution in [-0.2, 0) is 6.42 Å². The van der Waals surface area contributed by atoms with Gasteiger partial charge in [0.2, 0.25) is 0 Å². The van der Waals surface area contributed by atoms with E-state index in [-0.39, 0.29) is 17.2 Å². The van der Waals surface area contributed by atoms with Crippen LogP contribution in [0.5, 0.6) is 17.2 Å². The minimum Gasteiger partial charge on any atom is -0.508 e. The second-order valence-corrected chi connectivity index (χ2v) is 3.91. The maximum atomic E-state index is 9.77. The van der Waals surface area contributed by atoms with Gasteiger partial charge in [-0.25, -0.2) is 0 Å². The smallest absolute Gasteiger partial charge is 0.165 e. The lowest BCUT2D eigenvalue weighted by molar-refractivity contribution is 0.405. The molecule has 0 bridgehead atoms. The average Bonchev–Trinajstić information content (AvgIpc) is 2.31. The second kappa shape index (κ2) is 4.37. The summed E-state index contributed by atoms with van der Waals surface area (Å²) in [6.45, 7) is 1.99. The average molecular weight is 230 g/mol. The molecule has 17 heavy (non-hydrogen) atoms. The van der Waals surface area contributed by atoms with Gasteiger partial charge in [-0.15, -0.1) is 0 Å². The minimum absolute atomic E-state index is 0.155. The molecule has 0 amide bonds. The summed E-state index contributed by atoms with van der Waals surface area (Å²) < 4.78 is 0. The van der Waals surface area contributed by atoms with Crippen molar-refractivity contribution in [2.45, 2.75) is 13.3 Å². The third-order valence-electron chi connectivity index (χ3n) is 2.71. The van der Waals surface area contributed by atoms with E-state index >= 15 is 0 Å². The van der Waals surface area contributed by atoms with Crippen LogP contribution in [0.1, 0.15) is 12.5 Å². The van der Waals surface area contributed by atoms with Crippen LogP contribution < -0.4 is 0 Å². The standard InChI is InChI=1S/C14H14O3/c1-2-9-6-10(8-11(15)7-9)12-4-3-5-13(16)14(12)17/h3-8,15-17H,2H2,1H3. The van der Waals surface area contributed by atoms with Crippen LogP contribution in [0.2, 0.25) is 0 Å². The van der Waals surface area contributed by atoms with E-state index in [1.807, 2.05) is 13.0 Å². The molecule has 0 saturated carbocycles. The van der Waals surface area contributed by atoms with Crippen molar-refractivity contribution in [3.05, 3.63) is 42.0 Å². The lowest BCUT2D eigenvalue weighted by atomic mass is 10.0. The molecule has 0 aliphatic rings. The summed E-state index contributed by atoms with van der Waals surface area (Å²) in [7, 11) is 0. The third kappa shape index (κ3) is 2.18. The number of aryl methyl sites for hydroxylation is 1. The number of hydrogen-bond acceptors (Lipinski definition) is 3. The lowest BCUT2D eigenvalue weighted by Crippen LogP contribution is -1.84. The van der Waals surface area contributed by atoms with Crippen molar-refractivity contribution < 1.29 is 15.3 Å². The number of aromatic hydroxyl groups is 3. The first-order valence-corrected chi connectivity index (χ1v) is 5.46. The predicted molar refractivity (Wildman–Crippen MR) is 66.3 cm³/mol. The molecule has 2 rings (SSSR count). The van der Waals surface area contributed by atoms with E-state index in [1.54, 1.807) is 24.3 Å². The molecule has 3 nitrogen and oxygen atoms in total. The Balaban J connectivity index is 2.60. The largest absolute Gasteiger partial charge is 0.508 e. The number of hydrogen-bond donors (Lipinski definition) is 3. The van der Waals surface area contributed by atoms with Crippen LogP contribution in [0, 0.1) is 0 Å². The van der Waals surface area contributed by atoms with Crippen molar-refractivity contribution in [1.82, 2.24) is 0 Å². The second-order valence-electron chi connectivity index (χ2n) is 3.91. The molecule has 0 fully saturated rings. The van der Waals surface area contributed by atoms with Crippen molar-refractivity contribution in [2.24, 2.45) is 0 Å². The van der Waals surface area contributed by atoms with Gasteiger partial charge < -0.3 is 15.3 Å². The number of para-hydroxylation sites is 1. The van der Waals surface area contributed by atoms with Crippen LogP contribution in [-0.4, -0.2) is 15.3 Å². The third-order valence-corrected chi connectivity index (χ3v) is 2.71. The Bertz CT molecular complexity index is 547. The molecular formula is C14H14O3. The van der Waals surface area contributed by atoms with E-state index in [2.05, 4.69) is 0 Å². The van der Waals surface area contributed by atoms with Gasteiger partial charge >= 0.3 is 0 Å². The summed E-state index contributed by atoms with van der Waals surface area (Å²) in [4.78, 5) is 0. The van der Waals surface area contributed by atoms with Gasteiger partial charge in [0.1, 0.15) is 5.75 Å². The number of rotatable bonds is 2. The number of phenols is 3. The Morgan fingerprint density at radius 2 is 1.76 bits per heavy atom. The molecule has 0 heterocycles. The predicted octanol–water partition coefficient (Wildman–Crippen LogP) is 3.03. The van der Waals surface area contributed by atoms with Crippen molar-refractivity contribution in [2.75, 3.05) is 0 Å². The zero-order valence-corrected chi connectivity index (χ0v) is 9.51. The molecule has 0 atom stereocenters. The summed E-state index contributed by atoms with van der Waals surface area (Å²) >= 11 is 0. The summed E-state index contributed by atoms with van der Waals surface area (Å²) in [5.74, 6) is -0.175. The highest BCUT2D eigenvalue weighted by molar-refractivity contribution is 5.74. The fraction of sp³-hybridized carbons (Fsp3) is 0.143. The zero-order valence-electron chi connectivity index (χ0n) is 9.51. The number of benzene rings is 2. The molecular weight excluding hydrogens is 216 g/mol. The van der Waals surface area contributed by atoms with E-state index in [0.717, 1.165) is 12.0 Å². The van der Waals surface area contributed by atoms with Crippen LogP contribution in [0.4, 0.5) is 0 Å². The molecule has 3 N–H and O–H groups in total. The Morgan fingerprint density at radius 3 is 2.47 bits per heavy atom. The van der Waals surface area contributed by atoms with E-state index in [4.69, 9.17) is 0 Å². The van der Waals surface area contributed by atoms with Gasteiger partial charge in [0.05, 0.1) is 0 Å². The van der Waals surface area contributed by atoms with Gasteiger partial charge in [-0.2, -0.15) is 0 Å². The SMILES string of the molecule is CCc1cc(O)cc(-c2cccc(O)c2O)c1. The summed E-state index contributed by atoms with van der Waals surface area (Å²) in [6, 6.07) is 9.90. The van der Waals surface area contributed by atoms with E-state index < -0.39 is 0 Å².